The van der Waals surface area contributed by atoms with E-state index in [4.69, 9.17) is 10.1 Å². The summed E-state index contributed by atoms with van der Waals surface area (Å²) in [6.07, 6.45) is 1.61. The van der Waals surface area contributed by atoms with Crippen LogP contribution in [0.1, 0.15) is 18.9 Å². The molecule has 1 aliphatic rings. The molecule has 0 spiro atoms. The molecule has 0 radical (unpaired) electrons. The molecule has 8 heteroatoms. The van der Waals surface area contributed by atoms with E-state index in [0.29, 0.717) is 17.9 Å². The Morgan fingerprint density at radius 3 is 2.70 bits per heavy atom. The van der Waals surface area contributed by atoms with Gasteiger partial charge in [0.15, 0.2) is 0 Å². The number of carbonyl (C=O) groups is 2. The number of nitrogens with zero attached hydrogens (tertiary/aromatic N) is 2. The fourth-order valence-corrected chi connectivity index (χ4v) is 3.35. The fraction of sp³-hybridized carbons (Fsp3) is 0.280. The van der Waals surface area contributed by atoms with Crippen LogP contribution in [0.3, 0.4) is 0 Å². The molecule has 0 fully saturated rings. The zero-order valence-electron chi connectivity index (χ0n) is 18.7. The van der Waals surface area contributed by atoms with Crippen molar-refractivity contribution in [2.45, 2.75) is 25.4 Å². The number of aliphatic imine (C=N–C) groups is 1. The number of carbonyl (C=O) groups excluding carboxylic acids is 2. The summed E-state index contributed by atoms with van der Waals surface area (Å²) in [6, 6.07) is 16.6. The smallest absolute Gasteiger partial charge is 0.292 e. The first kappa shape index (κ1) is 23.8. The summed E-state index contributed by atoms with van der Waals surface area (Å²) in [5, 5.41) is 10.3. The Hall–Kier alpha value is -3.81. The molecule has 2 atom stereocenters. The van der Waals surface area contributed by atoms with Crippen molar-refractivity contribution in [3.05, 3.63) is 72.4 Å². The number of fused-ring (bicyclic) bond motifs is 1. The van der Waals surface area contributed by atoms with Crippen LogP contribution in [0.25, 0.3) is 0 Å². The zero-order chi connectivity index (χ0) is 24.0. The third kappa shape index (κ3) is 6.12. The number of anilines is 1. The van der Waals surface area contributed by atoms with Gasteiger partial charge in [0, 0.05) is 19.0 Å². The number of halogens is 1. The summed E-state index contributed by atoms with van der Waals surface area (Å²) in [7, 11) is 1.61. The Morgan fingerprint density at radius 2 is 1.97 bits per heavy atom. The first-order valence-corrected chi connectivity index (χ1v) is 10.5. The number of alkyl halides is 1. The van der Waals surface area contributed by atoms with Gasteiger partial charge >= 0.3 is 0 Å². The molecule has 0 saturated carbocycles. The Kier molecular flexibility index (Phi) is 7.37. The molecule has 7 nitrogen and oxygen atoms in total. The van der Waals surface area contributed by atoms with Crippen LogP contribution in [0.15, 0.2) is 71.9 Å². The number of rotatable bonds is 6. The fourth-order valence-electron chi connectivity index (χ4n) is 3.35. The molecular formula is C25H27FN4O3. The summed E-state index contributed by atoms with van der Waals surface area (Å²) in [5.74, 6) is -2.17. The first-order chi connectivity index (χ1) is 15.7. The first-order valence-electron chi connectivity index (χ1n) is 10.5. The highest BCUT2D eigenvalue weighted by Gasteiger charge is 2.32. The van der Waals surface area contributed by atoms with E-state index in [2.05, 4.69) is 16.9 Å². The number of para-hydroxylation sites is 2. The molecule has 3 rings (SSSR count). The highest BCUT2D eigenvalue weighted by molar-refractivity contribution is 6.38. The van der Waals surface area contributed by atoms with Gasteiger partial charge in [-0.05, 0) is 37.5 Å². The van der Waals surface area contributed by atoms with Crippen molar-refractivity contribution in [2.75, 3.05) is 18.6 Å². The van der Waals surface area contributed by atoms with Crippen LogP contribution in [-0.4, -0.2) is 43.2 Å². The van der Waals surface area contributed by atoms with Gasteiger partial charge in [0.25, 0.3) is 5.91 Å². The lowest BCUT2D eigenvalue weighted by Crippen LogP contribution is -2.40. The van der Waals surface area contributed by atoms with Crippen LogP contribution in [0.2, 0.25) is 0 Å². The van der Waals surface area contributed by atoms with E-state index < -0.39 is 23.3 Å². The van der Waals surface area contributed by atoms with Crippen LogP contribution >= 0.6 is 0 Å². The van der Waals surface area contributed by atoms with Crippen molar-refractivity contribution in [3.8, 4) is 5.75 Å². The second-order valence-electron chi connectivity index (χ2n) is 8.08. The minimum atomic E-state index is -1.79. The minimum Gasteiger partial charge on any atom is -0.490 e. The SMILES string of the molecule is C=C(NC(=O)C(=N)N=CC(C)(F)CCc1ccccc1)[C@H]1COc2ccccc2N(C)C1=O. The zero-order valence-corrected chi connectivity index (χ0v) is 18.7. The summed E-state index contributed by atoms with van der Waals surface area (Å²) in [6.45, 7) is 5.11. The van der Waals surface area contributed by atoms with Gasteiger partial charge in [-0.3, -0.25) is 15.0 Å². The number of aryl methyl sites for hydroxylation is 1. The van der Waals surface area contributed by atoms with E-state index in [9.17, 15) is 14.0 Å². The van der Waals surface area contributed by atoms with E-state index in [1.807, 2.05) is 30.3 Å². The molecule has 2 N–H and O–H groups in total. The summed E-state index contributed by atoms with van der Waals surface area (Å²) in [5.41, 5.74) is -0.115. The van der Waals surface area contributed by atoms with Crippen LogP contribution < -0.4 is 15.0 Å². The lowest BCUT2D eigenvalue weighted by atomic mass is 9.99. The van der Waals surface area contributed by atoms with E-state index >= 15 is 0 Å². The lowest BCUT2D eigenvalue weighted by molar-refractivity contribution is -0.121. The van der Waals surface area contributed by atoms with Crippen LogP contribution in [0, 0.1) is 11.3 Å². The van der Waals surface area contributed by atoms with Crippen molar-refractivity contribution < 1.29 is 18.7 Å². The molecule has 172 valence electrons. The van der Waals surface area contributed by atoms with Crippen LogP contribution in [-0.2, 0) is 16.0 Å². The topological polar surface area (TPSA) is 94.8 Å². The third-order valence-electron chi connectivity index (χ3n) is 5.38. The van der Waals surface area contributed by atoms with Gasteiger partial charge in [0.05, 0.1) is 5.69 Å². The lowest BCUT2D eigenvalue weighted by Gasteiger charge is -2.21. The third-order valence-corrected chi connectivity index (χ3v) is 5.38. The Labute approximate surface area is 192 Å². The van der Waals surface area contributed by atoms with Crippen molar-refractivity contribution in [2.24, 2.45) is 10.9 Å². The molecule has 33 heavy (non-hydrogen) atoms. The highest BCUT2D eigenvalue weighted by atomic mass is 19.1. The average molecular weight is 451 g/mol. The predicted molar refractivity (Wildman–Crippen MR) is 127 cm³/mol. The summed E-state index contributed by atoms with van der Waals surface area (Å²) in [4.78, 5) is 30.4. The standard InChI is InChI=1S/C25H27FN4O3/c1-17(19-15-33-21-12-8-7-11-20(21)30(3)24(19)32)29-23(31)22(27)28-16-25(2,26)14-13-18-9-5-4-6-10-18/h4-12,16,19,27H,1,13-15H2,2-3H3,(H,29,31)/t19-,25?/m1/s1. The van der Waals surface area contributed by atoms with Crippen molar-refractivity contribution in [1.29, 1.82) is 5.41 Å². The number of amides is 2. The maximum atomic E-state index is 14.8. The van der Waals surface area contributed by atoms with Gasteiger partial charge in [0.2, 0.25) is 11.7 Å². The maximum absolute atomic E-state index is 14.8. The van der Waals surface area contributed by atoms with E-state index in [1.54, 1.807) is 31.3 Å². The normalized spacial score (nSPS) is 17.5. The second kappa shape index (κ2) is 10.2. The van der Waals surface area contributed by atoms with Crippen molar-refractivity contribution in [1.82, 2.24) is 5.32 Å². The van der Waals surface area contributed by atoms with Gasteiger partial charge in [-0.1, -0.05) is 49.0 Å². The van der Waals surface area contributed by atoms with Gasteiger partial charge in [-0.25, -0.2) is 9.38 Å². The molecule has 2 amide bonds. The molecule has 0 saturated heterocycles. The maximum Gasteiger partial charge on any atom is 0.292 e. The highest BCUT2D eigenvalue weighted by Crippen LogP contribution is 2.32. The minimum absolute atomic E-state index is 0.0159. The molecule has 2 aromatic carbocycles. The Morgan fingerprint density at radius 1 is 1.30 bits per heavy atom. The van der Waals surface area contributed by atoms with Crippen molar-refractivity contribution >= 4 is 29.6 Å². The largest absolute Gasteiger partial charge is 0.490 e. The molecular weight excluding hydrogens is 423 g/mol. The monoisotopic (exact) mass is 450 g/mol. The van der Waals surface area contributed by atoms with Gasteiger partial charge in [0.1, 0.15) is 23.9 Å². The van der Waals surface area contributed by atoms with E-state index in [-0.39, 0.29) is 24.6 Å². The molecule has 0 aliphatic carbocycles. The van der Waals surface area contributed by atoms with E-state index in [0.717, 1.165) is 11.8 Å². The van der Waals surface area contributed by atoms with Crippen molar-refractivity contribution in [3.63, 3.8) is 0 Å². The van der Waals surface area contributed by atoms with Gasteiger partial charge in [-0.15, -0.1) is 0 Å². The second-order valence-corrected chi connectivity index (χ2v) is 8.08. The van der Waals surface area contributed by atoms with Gasteiger partial charge < -0.3 is 15.0 Å². The number of amidine groups is 1. The number of hydrogen-bond donors (Lipinski definition) is 2. The van der Waals surface area contributed by atoms with Crippen LogP contribution in [0.5, 0.6) is 5.75 Å². The quantitative estimate of drug-likeness (QED) is 0.519. The molecule has 2 aromatic rings. The Balaban J connectivity index is 1.57. The van der Waals surface area contributed by atoms with Gasteiger partial charge in [-0.2, -0.15) is 0 Å². The molecule has 0 aromatic heterocycles. The number of ether oxygens (including phenoxy) is 1. The molecule has 0 bridgehead atoms. The number of hydrogen-bond acceptors (Lipinski definition) is 4. The van der Waals surface area contributed by atoms with E-state index in [1.165, 1.54) is 11.8 Å². The summed E-state index contributed by atoms with van der Waals surface area (Å²) >= 11 is 0. The molecule has 1 heterocycles. The average Bonchev–Trinajstić information content (AvgIpc) is 2.93. The number of benzene rings is 2. The van der Waals surface area contributed by atoms with Crippen LogP contribution in [0.4, 0.5) is 10.1 Å². The Bertz CT molecular complexity index is 1080. The predicted octanol–water partition coefficient (Wildman–Crippen LogP) is 3.70. The molecule has 1 aliphatic heterocycles. The molecule has 1 unspecified atom stereocenters. The summed E-state index contributed by atoms with van der Waals surface area (Å²) < 4.78 is 20.5. The number of nitrogens with one attached hydrogen (secondary N) is 2.